The van der Waals surface area contributed by atoms with Crippen molar-refractivity contribution in [2.75, 3.05) is 26.2 Å². The van der Waals surface area contributed by atoms with Gasteiger partial charge in [0, 0.05) is 48.5 Å². The summed E-state index contributed by atoms with van der Waals surface area (Å²) in [7, 11) is 0. The summed E-state index contributed by atoms with van der Waals surface area (Å²) in [6, 6.07) is 9.38. The van der Waals surface area contributed by atoms with Crippen molar-refractivity contribution >= 4 is 17.5 Å². The van der Waals surface area contributed by atoms with Crippen LogP contribution >= 0.6 is 11.6 Å². The van der Waals surface area contributed by atoms with Crippen molar-refractivity contribution in [1.29, 1.82) is 0 Å². The monoisotopic (exact) mass is 489 g/mol. The summed E-state index contributed by atoms with van der Waals surface area (Å²) < 4.78 is 41.7. The second-order valence-electron chi connectivity index (χ2n) is 8.99. The van der Waals surface area contributed by atoms with Gasteiger partial charge in [0.2, 0.25) is 5.91 Å². The van der Waals surface area contributed by atoms with Crippen LogP contribution in [0, 0.1) is 5.41 Å². The zero-order chi connectivity index (χ0) is 23.9. The van der Waals surface area contributed by atoms with Crippen LogP contribution in [0.15, 0.2) is 48.9 Å². The molecule has 2 saturated heterocycles. The second-order valence-corrected chi connectivity index (χ2v) is 9.42. The Labute approximate surface area is 199 Å². The predicted molar refractivity (Wildman–Crippen MR) is 122 cm³/mol. The van der Waals surface area contributed by atoms with Crippen LogP contribution in [0.3, 0.4) is 0 Å². The van der Waals surface area contributed by atoms with Crippen LogP contribution in [0.5, 0.6) is 0 Å². The highest BCUT2D eigenvalue weighted by molar-refractivity contribution is 6.30. The number of benzene rings is 1. The minimum atomic E-state index is -4.59. The van der Waals surface area contributed by atoms with Gasteiger partial charge in [-0.05, 0) is 42.5 Å². The quantitative estimate of drug-likeness (QED) is 0.586. The third kappa shape index (κ3) is 4.42. The molecule has 0 saturated carbocycles. The van der Waals surface area contributed by atoms with E-state index in [0.29, 0.717) is 40.5 Å². The highest BCUT2D eigenvalue weighted by Crippen LogP contribution is 2.37. The fourth-order valence-corrected chi connectivity index (χ4v) is 4.79. The van der Waals surface area contributed by atoms with Crippen molar-refractivity contribution in [2.45, 2.75) is 25.6 Å². The Kier molecular flexibility index (Phi) is 5.85. The summed E-state index contributed by atoms with van der Waals surface area (Å²) in [5, 5.41) is 3.84. The summed E-state index contributed by atoms with van der Waals surface area (Å²) in [4.78, 5) is 22.9. The lowest BCUT2D eigenvalue weighted by Crippen LogP contribution is -2.59. The number of likely N-dealkylation sites (tertiary alicyclic amines) is 1. The number of aromatic nitrogens is 3. The summed E-state index contributed by atoms with van der Waals surface area (Å²) in [5.74, 6) is -0.0754. The molecule has 2 aromatic heterocycles. The molecule has 6 nitrogen and oxygen atoms in total. The van der Waals surface area contributed by atoms with E-state index in [2.05, 4.69) is 15.3 Å². The second kappa shape index (κ2) is 8.70. The number of nitrogens with zero attached hydrogens (tertiary/aromatic N) is 4. The van der Waals surface area contributed by atoms with Gasteiger partial charge in [0.1, 0.15) is 12.2 Å². The first kappa shape index (κ1) is 22.9. The van der Waals surface area contributed by atoms with Crippen LogP contribution < -0.4 is 5.32 Å². The molecular formula is C24H23ClF3N5O. The maximum absolute atomic E-state index is 13.4. The minimum Gasteiger partial charge on any atom is -0.341 e. The lowest BCUT2D eigenvalue weighted by Gasteiger charge is -2.48. The predicted octanol–water partition coefficient (Wildman–Crippen LogP) is 4.50. The van der Waals surface area contributed by atoms with Gasteiger partial charge in [-0.1, -0.05) is 23.7 Å². The number of imidazole rings is 1. The number of rotatable bonds is 4. The highest BCUT2D eigenvalue weighted by Gasteiger charge is 2.40. The largest absolute Gasteiger partial charge is 0.433 e. The fraction of sp³-hybridized carbons (Fsp3) is 0.375. The summed E-state index contributed by atoms with van der Waals surface area (Å²) in [5.41, 5.74) is 1.19. The molecule has 1 N–H and O–H groups in total. The van der Waals surface area contributed by atoms with Gasteiger partial charge in [-0.2, -0.15) is 13.2 Å². The molecule has 178 valence electrons. The number of piperidine rings is 1. The van der Waals surface area contributed by atoms with Crippen LogP contribution in [0.1, 0.15) is 18.5 Å². The van der Waals surface area contributed by atoms with Gasteiger partial charge in [0.25, 0.3) is 0 Å². The molecule has 0 aliphatic carbocycles. The molecule has 3 aromatic rings. The number of nitrogens with one attached hydrogen (secondary N) is 1. The van der Waals surface area contributed by atoms with E-state index in [4.69, 9.17) is 11.6 Å². The van der Waals surface area contributed by atoms with Crippen molar-refractivity contribution < 1.29 is 18.0 Å². The van der Waals surface area contributed by atoms with Gasteiger partial charge >= 0.3 is 6.18 Å². The zero-order valence-corrected chi connectivity index (χ0v) is 19.0. The van der Waals surface area contributed by atoms with Crippen molar-refractivity contribution in [3.63, 3.8) is 0 Å². The minimum absolute atomic E-state index is 0.00908. The van der Waals surface area contributed by atoms with E-state index in [1.54, 1.807) is 28.8 Å². The Morgan fingerprint density at radius 1 is 1.06 bits per heavy atom. The van der Waals surface area contributed by atoms with Crippen molar-refractivity contribution in [3.8, 4) is 22.5 Å². The smallest absolute Gasteiger partial charge is 0.341 e. The molecule has 5 rings (SSSR count). The van der Waals surface area contributed by atoms with Crippen molar-refractivity contribution in [3.05, 3.63) is 59.6 Å². The van der Waals surface area contributed by atoms with Crippen molar-refractivity contribution in [2.24, 2.45) is 5.41 Å². The standard InChI is InChI=1S/C24H23ClF3N5O/c25-18-3-1-16(2-4-18)21-22(17-5-8-30-19(11-17)24(26,27)28)33(15-31-21)12-20(34)32-9-6-23(7-10-32)13-29-14-23/h1-5,8,11,15,29H,6-7,9-10,12-14H2. The van der Waals surface area contributed by atoms with E-state index in [0.717, 1.165) is 38.2 Å². The normalized spacial score (nSPS) is 17.6. The fourth-order valence-electron chi connectivity index (χ4n) is 4.66. The van der Waals surface area contributed by atoms with E-state index >= 15 is 0 Å². The number of hydrogen-bond acceptors (Lipinski definition) is 4. The molecule has 0 radical (unpaired) electrons. The molecule has 10 heteroatoms. The lowest BCUT2D eigenvalue weighted by atomic mass is 9.73. The number of halogens is 4. The highest BCUT2D eigenvalue weighted by atomic mass is 35.5. The number of alkyl halides is 3. The van der Waals surface area contributed by atoms with Crippen LogP contribution in [0.25, 0.3) is 22.5 Å². The van der Waals surface area contributed by atoms with E-state index < -0.39 is 11.9 Å². The molecule has 2 aliphatic heterocycles. The molecule has 1 spiro atoms. The van der Waals surface area contributed by atoms with Gasteiger partial charge < -0.3 is 14.8 Å². The lowest BCUT2D eigenvalue weighted by molar-refractivity contribution is -0.141. The third-order valence-corrected chi connectivity index (χ3v) is 7.01. The topological polar surface area (TPSA) is 63.1 Å². The number of amides is 1. The molecule has 4 heterocycles. The molecule has 0 unspecified atom stereocenters. The first-order valence-corrected chi connectivity index (χ1v) is 11.5. The van der Waals surface area contributed by atoms with Gasteiger partial charge in [-0.3, -0.25) is 9.78 Å². The maximum atomic E-state index is 13.4. The van der Waals surface area contributed by atoms with E-state index in [9.17, 15) is 18.0 Å². The summed E-state index contributed by atoms with van der Waals surface area (Å²) >= 11 is 6.01. The average molecular weight is 490 g/mol. The van der Waals surface area contributed by atoms with Crippen molar-refractivity contribution in [1.82, 2.24) is 24.8 Å². The first-order valence-electron chi connectivity index (χ1n) is 11.1. The number of pyridine rings is 1. The summed E-state index contributed by atoms with van der Waals surface area (Å²) in [6.45, 7) is 3.35. The molecular weight excluding hydrogens is 467 g/mol. The van der Waals surface area contributed by atoms with Gasteiger partial charge in [-0.25, -0.2) is 4.98 Å². The Hall–Kier alpha value is -2.91. The van der Waals surface area contributed by atoms with Crippen LogP contribution in [0.2, 0.25) is 5.02 Å². The van der Waals surface area contributed by atoms with Gasteiger partial charge in [0.05, 0.1) is 17.7 Å². The third-order valence-electron chi connectivity index (χ3n) is 6.76. The van der Waals surface area contributed by atoms with Gasteiger partial charge in [-0.15, -0.1) is 0 Å². The molecule has 2 aliphatic rings. The molecule has 2 fully saturated rings. The molecule has 0 bridgehead atoms. The average Bonchev–Trinajstić information content (AvgIpc) is 3.21. The Morgan fingerprint density at radius 2 is 1.76 bits per heavy atom. The van der Waals surface area contributed by atoms with E-state index in [-0.39, 0.29) is 18.0 Å². The summed E-state index contributed by atoms with van der Waals surface area (Å²) in [6.07, 6.45) is -0.0429. The number of carbonyl (C=O) groups is 1. The molecule has 34 heavy (non-hydrogen) atoms. The molecule has 1 aromatic carbocycles. The molecule has 1 amide bonds. The Bertz CT molecular complexity index is 1190. The van der Waals surface area contributed by atoms with E-state index in [1.165, 1.54) is 12.4 Å². The SMILES string of the molecule is O=C(Cn1cnc(-c2ccc(Cl)cc2)c1-c1ccnc(C(F)(F)F)c1)N1CCC2(CC1)CNC2. The Morgan fingerprint density at radius 3 is 2.38 bits per heavy atom. The first-order chi connectivity index (χ1) is 16.2. The number of hydrogen-bond donors (Lipinski definition) is 1. The maximum Gasteiger partial charge on any atom is 0.433 e. The Balaban J connectivity index is 1.48. The van der Waals surface area contributed by atoms with E-state index in [1.807, 2.05) is 4.90 Å². The zero-order valence-electron chi connectivity index (χ0n) is 18.3. The van der Waals surface area contributed by atoms with Crippen LogP contribution in [-0.4, -0.2) is 51.5 Å². The van der Waals surface area contributed by atoms with Crippen LogP contribution in [-0.2, 0) is 17.5 Å². The molecule has 0 atom stereocenters. The van der Waals surface area contributed by atoms with Gasteiger partial charge in [0.15, 0.2) is 0 Å². The van der Waals surface area contributed by atoms with Crippen LogP contribution in [0.4, 0.5) is 13.2 Å². The number of carbonyl (C=O) groups excluding carboxylic acids is 1.